The second-order valence-corrected chi connectivity index (χ2v) is 6.82. The van der Waals surface area contributed by atoms with E-state index in [9.17, 15) is 20.0 Å². The minimum absolute atomic E-state index is 0.0369. The number of ketones is 1. The van der Waals surface area contributed by atoms with Gasteiger partial charge < -0.3 is 15.3 Å². The Kier molecular flexibility index (Phi) is 4.56. The van der Waals surface area contributed by atoms with E-state index in [1.54, 1.807) is 12.1 Å². The molecule has 1 aromatic heterocycles. The predicted molar refractivity (Wildman–Crippen MR) is 102 cm³/mol. The molecule has 4 N–H and O–H groups in total. The summed E-state index contributed by atoms with van der Waals surface area (Å²) < 4.78 is 5.49. The van der Waals surface area contributed by atoms with Crippen LogP contribution in [0.4, 0.5) is 0 Å². The molecule has 1 atom stereocenters. The summed E-state index contributed by atoms with van der Waals surface area (Å²) in [5, 5.41) is 20.5. The number of nitrogens with two attached hydrogens (primary N) is 1. The van der Waals surface area contributed by atoms with E-state index in [1.165, 1.54) is 35.5 Å². The van der Waals surface area contributed by atoms with Crippen molar-refractivity contribution in [2.45, 2.75) is 25.2 Å². The number of Topliss-reactive ketones (excluding diaryl/α,β-unsaturated/α-hetero) is 1. The van der Waals surface area contributed by atoms with Crippen LogP contribution < -0.4 is 11.2 Å². The standard InChI is InChI=1S/C21H18N4O4/c22-11-14-18(17-5-2-10-29-17)19-15(3-1-4-16(19)27)25(20(14)23)24-21(28)12-6-8-13(26)9-7-12/h2,5-10,18,26H,1,3-4,23H2,(H,24,28). The van der Waals surface area contributed by atoms with E-state index in [0.29, 0.717) is 41.9 Å². The number of amides is 1. The highest BCUT2D eigenvalue weighted by Gasteiger charge is 2.41. The van der Waals surface area contributed by atoms with E-state index in [4.69, 9.17) is 10.2 Å². The number of carbonyl (C=O) groups is 2. The molecule has 0 saturated carbocycles. The quantitative estimate of drug-likeness (QED) is 0.733. The Hall–Kier alpha value is -3.99. The lowest BCUT2D eigenvalue weighted by Gasteiger charge is -2.38. The smallest absolute Gasteiger partial charge is 0.270 e. The molecule has 29 heavy (non-hydrogen) atoms. The Balaban J connectivity index is 1.78. The van der Waals surface area contributed by atoms with Gasteiger partial charge in [-0.25, -0.2) is 5.01 Å². The summed E-state index contributed by atoms with van der Waals surface area (Å²) in [4.78, 5) is 25.5. The number of allylic oxidation sites excluding steroid dienone is 3. The monoisotopic (exact) mass is 390 g/mol. The highest BCUT2D eigenvalue weighted by Crippen LogP contribution is 2.44. The van der Waals surface area contributed by atoms with Crippen LogP contribution in [0, 0.1) is 11.3 Å². The lowest BCUT2D eigenvalue weighted by Crippen LogP contribution is -2.48. The summed E-state index contributed by atoms with van der Waals surface area (Å²) in [6.07, 6.45) is 2.97. The molecule has 4 rings (SSSR count). The van der Waals surface area contributed by atoms with Gasteiger partial charge in [0.25, 0.3) is 5.91 Å². The third-order valence-electron chi connectivity index (χ3n) is 5.08. The fourth-order valence-electron chi connectivity index (χ4n) is 3.73. The second-order valence-electron chi connectivity index (χ2n) is 6.82. The van der Waals surface area contributed by atoms with Crippen molar-refractivity contribution in [3.8, 4) is 11.8 Å². The van der Waals surface area contributed by atoms with Gasteiger partial charge in [0, 0.05) is 17.6 Å². The van der Waals surface area contributed by atoms with Crippen LogP contribution in [0.15, 0.2) is 69.7 Å². The molecule has 0 bridgehead atoms. The van der Waals surface area contributed by atoms with Crippen LogP contribution in [0.3, 0.4) is 0 Å². The molecule has 8 heteroatoms. The topological polar surface area (TPSA) is 133 Å². The first-order valence-electron chi connectivity index (χ1n) is 9.10. The average molecular weight is 390 g/mol. The van der Waals surface area contributed by atoms with Crippen molar-refractivity contribution >= 4 is 11.7 Å². The number of carbonyl (C=O) groups excluding carboxylic acids is 2. The van der Waals surface area contributed by atoms with E-state index < -0.39 is 11.8 Å². The van der Waals surface area contributed by atoms with Crippen LogP contribution in [-0.2, 0) is 4.79 Å². The molecule has 0 radical (unpaired) electrons. The number of phenolic OH excluding ortho intramolecular Hbond substituents is 1. The average Bonchev–Trinajstić information content (AvgIpc) is 3.24. The molecule has 2 heterocycles. The van der Waals surface area contributed by atoms with Gasteiger partial charge in [-0.3, -0.25) is 15.0 Å². The Morgan fingerprint density at radius 2 is 2.03 bits per heavy atom. The number of hydrogen-bond acceptors (Lipinski definition) is 7. The Bertz CT molecular complexity index is 1070. The van der Waals surface area contributed by atoms with Crippen molar-refractivity contribution in [1.29, 1.82) is 5.26 Å². The zero-order valence-corrected chi connectivity index (χ0v) is 15.4. The summed E-state index contributed by atoms with van der Waals surface area (Å²) in [5.74, 6) is -0.732. The van der Waals surface area contributed by atoms with Crippen molar-refractivity contribution in [1.82, 2.24) is 10.4 Å². The maximum absolute atomic E-state index is 12.8. The molecular weight excluding hydrogens is 372 g/mol. The van der Waals surface area contributed by atoms with Crippen LogP contribution in [0.25, 0.3) is 0 Å². The maximum Gasteiger partial charge on any atom is 0.270 e. The number of rotatable bonds is 3. The molecule has 1 amide bonds. The highest BCUT2D eigenvalue weighted by molar-refractivity contribution is 6.00. The van der Waals surface area contributed by atoms with Gasteiger partial charge in [0.1, 0.15) is 17.3 Å². The van der Waals surface area contributed by atoms with Crippen molar-refractivity contribution < 1.29 is 19.1 Å². The first-order valence-corrected chi connectivity index (χ1v) is 9.10. The van der Waals surface area contributed by atoms with Crippen LogP contribution in [0.5, 0.6) is 5.75 Å². The van der Waals surface area contributed by atoms with E-state index in [-0.39, 0.29) is 22.9 Å². The number of hydrogen-bond donors (Lipinski definition) is 3. The van der Waals surface area contributed by atoms with Gasteiger partial charge in [0.15, 0.2) is 5.78 Å². The first-order chi connectivity index (χ1) is 14.0. The molecular formula is C21H18N4O4. The highest BCUT2D eigenvalue weighted by atomic mass is 16.3. The Labute approximate surface area is 166 Å². The first kappa shape index (κ1) is 18.4. The zero-order chi connectivity index (χ0) is 20.5. The normalized spacial score (nSPS) is 19.1. The molecule has 0 saturated heterocycles. The maximum atomic E-state index is 12.8. The minimum Gasteiger partial charge on any atom is -0.508 e. The summed E-state index contributed by atoms with van der Waals surface area (Å²) in [7, 11) is 0. The minimum atomic E-state index is -0.695. The van der Waals surface area contributed by atoms with Gasteiger partial charge >= 0.3 is 0 Å². The van der Waals surface area contributed by atoms with Crippen LogP contribution in [0.1, 0.15) is 41.3 Å². The number of aromatic hydroxyl groups is 1. The number of furan rings is 1. The van der Waals surface area contributed by atoms with E-state index in [0.717, 1.165) is 0 Å². The number of nitrogens with one attached hydrogen (secondary N) is 1. The SMILES string of the molecule is N#CC1=C(N)N(NC(=O)c2ccc(O)cc2)C2=C(C(=O)CCC2)C1c1ccco1. The van der Waals surface area contributed by atoms with Crippen LogP contribution in [-0.4, -0.2) is 21.8 Å². The lowest BCUT2D eigenvalue weighted by atomic mass is 9.78. The van der Waals surface area contributed by atoms with Gasteiger partial charge in [-0.05, 0) is 49.2 Å². The summed E-state index contributed by atoms with van der Waals surface area (Å²) >= 11 is 0. The molecule has 1 aromatic carbocycles. The molecule has 1 aliphatic carbocycles. The molecule has 0 fully saturated rings. The molecule has 1 aliphatic heterocycles. The second kappa shape index (κ2) is 7.20. The number of phenols is 1. The summed E-state index contributed by atoms with van der Waals surface area (Å²) in [5.41, 5.74) is 10.4. The number of nitriles is 1. The fourth-order valence-corrected chi connectivity index (χ4v) is 3.73. The Morgan fingerprint density at radius 3 is 2.69 bits per heavy atom. The van der Waals surface area contributed by atoms with Crippen LogP contribution in [0.2, 0.25) is 0 Å². The predicted octanol–water partition coefficient (Wildman–Crippen LogP) is 2.43. The molecule has 2 aliphatic rings. The van der Waals surface area contributed by atoms with E-state index >= 15 is 0 Å². The zero-order valence-electron chi connectivity index (χ0n) is 15.4. The number of nitrogens with zero attached hydrogens (tertiary/aromatic N) is 2. The third-order valence-corrected chi connectivity index (χ3v) is 5.08. The van der Waals surface area contributed by atoms with Gasteiger partial charge in [0.05, 0.1) is 29.5 Å². The lowest BCUT2D eigenvalue weighted by molar-refractivity contribution is -0.116. The third kappa shape index (κ3) is 3.12. The molecule has 8 nitrogen and oxygen atoms in total. The molecule has 1 unspecified atom stereocenters. The summed E-state index contributed by atoms with van der Waals surface area (Å²) in [6, 6.07) is 11.2. The molecule has 0 spiro atoms. The van der Waals surface area contributed by atoms with Gasteiger partial charge in [-0.1, -0.05) is 0 Å². The van der Waals surface area contributed by atoms with Crippen molar-refractivity contribution in [3.05, 3.63) is 76.6 Å². The molecule has 2 aromatic rings. The van der Waals surface area contributed by atoms with Gasteiger partial charge in [-0.15, -0.1) is 0 Å². The number of benzene rings is 1. The Morgan fingerprint density at radius 1 is 1.28 bits per heavy atom. The van der Waals surface area contributed by atoms with Gasteiger partial charge in [0.2, 0.25) is 0 Å². The van der Waals surface area contributed by atoms with Crippen molar-refractivity contribution in [2.75, 3.05) is 0 Å². The van der Waals surface area contributed by atoms with Crippen molar-refractivity contribution in [3.63, 3.8) is 0 Å². The van der Waals surface area contributed by atoms with Crippen molar-refractivity contribution in [2.24, 2.45) is 5.73 Å². The van der Waals surface area contributed by atoms with Gasteiger partial charge in [-0.2, -0.15) is 5.26 Å². The van der Waals surface area contributed by atoms with Crippen LogP contribution >= 0.6 is 0 Å². The molecule has 146 valence electrons. The van der Waals surface area contributed by atoms with E-state index in [2.05, 4.69) is 11.5 Å². The largest absolute Gasteiger partial charge is 0.508 e. The fraction of sp³-hybridized carbons (Fsp3) is 0.190. The summed E-state index contributed by atoms with van der Waals surface area (Å²) in [6.45, 7) is 0. The van der Waals surface area contributed by atoms with E-state index in [1.807, 2.05) is 0 Å². The number of hydrazine groups is 1.